The van der Waals surface area contributed by atoms with Gasteiger partial charge in [-0.05, 0) is 36.4 Å². The average Bonchev–Trinajstić information content (AvgIpc) is 2.32. The van der Waals surface area contributed by atoms with Crippen molar-refractivity contribution in [3.8, 4) is 0 Å². The molecule has 0 aliphatic rings. The van der Waals surface area contributed by atoms with E-state index in [0.717, 1.165) is 4.47 Å². The van der Waals surface area contributed by atoms with E-state index >= 15 is 0 Å². The summed E-state index contributed by atoms with van der Waals surface area (Å²) in [4.78, 5) is 12.0. The molecule has 0 saturated heterocycles. The number of anilines is 2. The highest BCUT2D eigenvalue weighted by Crippen LogP contribution is 2.23. The van der Waals surface area contributed by atoms with Gasteiger partial charge in [0.1, 0.15) is 0 Å². The van der Waals surface area contributed by atoms with Gasteiger partial charge >= 0.3 is 0 Å². The van der Waals surface area contributed by atoms with Crippen molar-refractivity contribution < 1.29 is 4.79 Å². The number of hydrogen-bond acceptors (Lipinski definition) is 2. The number of rotatable bonds is 2. The highest BCUT2D eigenvalue weighted by atomic mass is 79.9. The number of nitrogens with one attached hydrogen (secondary N) is 1. The Bertz CT molecular complexity index is 601. The van der Waals surface area contributed by atoms with Crippen molar-refractivity contribution in [2.75, 3.05) is 11.1 Å². The summed E-state index contributed by atoms with van der Waals surface area (Å²) in [6, 6.07) is 12.0. The van der Waals surface area contributed by atoms with Crippen LogP contribution in [0.4, 0.5) is 11.4 Å². The Labute approximate surface area is 118 Å². The minimum atomic E-state index is -0.244. The van der Waals surface area contributed by atoms with E-state index in [1.807, 2.05) is 6.07 Å². The summed E-state index contributed by atoms with van der Waals surface area (Å²) in [6.07, 6.45) is 0. The number of nitrogens with two attached hydrogens (primary N) is 1. The third-order valence-corrected chi connectivity index (χ3v) is 3.08. The van der Waals surface area contributed by atoms with E-state index in [1.54, 1.807) is 36.4 Å². The van der Waals surface area contributed by atoms with Crippen LogP contribution >= 0.6 is 27.5 Å². The average molecular weight is 326 g/mol. The molecule has 0 atom stereocenters. The standard InChI is InChI=1S/C13H10BrClN2O/c14-9-4-5-12(11(16)7-9)17-13(18)8-2-1-3-10(15)6-8/h1-7H,16H2,(H,17,18). The molecular weight excluding hydrogens is 316 g/mol. The molecule has 0 saturated carbocycles. The molecular formula is C13H10BrClN2O. The van der Waals surface area contributed by atoms with E-state index in [1.165, 1.54) is 0 Å². The first kappa shape index (κ1) is 12.9. The first-order chi connectivity index (χ1) is 8.56. The third-order valence-electron chi connectivity index (χ3n) is 2.35. The molecule has 3 nitrogen and oxygen atoms in total. The first-order valence-corrected chi connectivity index (χ1v) is 6.35. The number of halogens is 2. The molecule has 0 unspecified atom stereocenters. The molecule has 0 radical (unpaired) electrons. The molecule has 0 heterocycles. The number of carbonyl (C=O) groups is 1. The zero-order valence-electron chi connectivity index (χ0n) is 9.28. The van der Waals surface area contributed by atoms with E-state index in [2.05, 4.69) is 21.2 Å². The lowest BCUT2D eigenvalue weighted by Crippen LogP contribution is -2.13. The third kappa shape index (κ3) is 3.03. The molecule has 0 spiro atoms. The van der Waals surface area contributed by atoms with Crippen LogP contribution in [0.5, 0.6) is 0 Å². The second-order valence-corrected chi connectivity index (χ2v) is 5.05. The van der Waals surface area contributed by atoms with E-state index in [0.29, 0.717) is 22.0 Å². The van der Waals surface area contributed by atoms with Crippen LogP contribution in [0.1, 0.15) is 10.4 Å². The molecule has 2 rings (SSSR count). The minimum absolute atomic E-state index is 0.244. The first-order valence-electron chi connectivity index (χ1n) is 5.18. The van der Waals surface area contributed by atoms with Crippen LogP contribution < -0.4 is 11.1 Å². The Morgan fingerprint density at radius 3 is 2.67 bits per heavy atom. The molecule has 0 aromatic heterocycles. The smallest absolute Gasteiger partial charge is 0.255 e. The highest BCUT2D eigenvalue weighted by Gasteiger charge is 2.08. The van der Waals surface area contributed by atoms with Crippen LogP contribution in [0.25, 0.3) is 0 Å². The van der Waals surface area contributed by atoms with Crippen molar-refractivity contribution in [1.82, 2.24) is 0 Å². The lowest BCUT2D eigenvalue weighted by Gasteiger charge is -2.08. The number of amides is 1. The number of carbonyl (C=O) groups excluding carboxylic acids is 1. The summed E-state index contributed by atoms with van der Waals surface area (Å²) in [6.45, 7) is 0. The van der Waals surface area contributed by atoms with Gasteiger partial charge in [-0.2, -0.15) is 0 Å². The van der Waals surface area contributed by atoms with Crippen molar-refractivity contribution >= 4 is 44.8 Å². The van der Waals surface area contributed by atoms with Crippen LogP contribution in [0.2, 0.25) is 5.02 Å². The molecule has 0 aliphatic carbocycles. The summed E-state index contributed by atoms with van der Waals surface area (Å²) < 4.78 is 0.862. The van der Waals surface area contributed by atoms with Gasteiger partial charge in [0.05, 0.1) is 11.4 Å². The van der Waals surface area contributed by atoms with E-state index < -0.39 is 0 Å². The Kier molecular flexibility index (Phi) is 3.89. The summed E-state index contributed by atoms with van der Waals surface area (Å²) in [7, 11) is 0. The SMILES string of the molecule is Nc1cc(Br)ccc1NC(=O)c1cccc(Cl)c1. The van der Waals surface area contributed by atoms with Crippen molar-refractivity contribution in [3.63, 3.8) is 0 Å². The summed E-state index contributed by atoms with van der Waals surface area (Å²) >= 11 is 9.14. The Morgan fingerprint density at radius 1 is 1.22 bits per heavy atom. The fraction of sp³-hybridized carbons (Fsp3) is 0. The van der Waals surface area contributed by atoms with Gasteiger partial charge in [0.15, 0.2) is 0 Å². The van der Waals surface area contributed by atoms with Crippen molar-refractivity contribution in [2.45, 2.75) is 0 Å². The van der Waals surface area contributed by atoms with Crippen LogP contribution in [-0.2, 0) is 0 Å². The number of nitrogen functional groups attached to an aromatic ring is 1. The van der Waals surface area contributed by atoms with Gasteiger partial charge in [-0.1, -0.05) is 33.6 Å². The predicted molar refractivity (Wildman–Crippen MR) is 78.0 cm³/mol. The molecule has 0 bridgehead atoms. The van der Waals surface area contributed by atoms with Gasteiger partial charge in [-0.15, -0.1) is 0 Å². The highest BCUT2D eigenvalue weighted by molar-refractivity contribution is 9.10. The monoisotopic (exact) mass is 324 g/mol. The summed E-state index contributed by atoms with van der Waals surface area (Å²) in [5.74, 6) is -0.244. The fourth-order valence-electron chi connectivity index (χ4n) is 1.47. The van der Waals surface area contributed by atoms with Gasteiger partial charge in [0, 0.05) is 15.1 Å². The van der Waals surface area contributed by atoms with Gasteiger partial charge in [0.25, 0.3) is 5.91 Å². The van der Waals surface area contributed by atoms with Crippen molar-refractivity contribution in [3.05, 3.63) is 57.5 Å². The van der Waals surface area contributed by atoms with Crippen LogP contribution in [0, 0.1) is 0 Å². The summed E-state index contributed by atoms with van der Waals surface area (Å²) in [5.41, 5.74) is 7.37. The maximum atomic E-state index is 12.0. The van der Waals surface area contributed by atoms with Crippen LogP contribution in [-0.4, -0.2) is 5.91 Å². The fourth-order valence-corrected chi connectivity index (χ4v) is 2.04. The Hall–Kier alpha value is -1.52. The predicted octanol–water partition coefficient (Wildman–Crippen LogP) is 3.94. The van der Waals surface area contributed by atoms with Gasteiger partial charge in [0.2, 0.25) is 0 Å². The maximum Gasteiger partial charge on any atom is 0.255 e. The molecule has 18 heavy (non-hydrogen) atoms. The number of hydrogen-bond donors (Lipinski definition) is 2. The zero-order chi connectivity index (χ0) is 13.1. The molecule has 0 fully saturated rings. The second kappa shape index (κ2) is 5.42. The lowest BCUT2D eigenvalue weighted by atomic mass is 10.2. The molecule has 1 amide bonds. The Morgan fingerprint density at radius 2 is 2.00 bits per heavy atom. The van der Waals surface area contributed by atoms with Crippen LogP contribution in [0.3, 0.4) is 0 Å². The van der Waals surface area contributed by atoms with E-state index in [4.69, 9.17) is 17.3 Å². The van der Waals surface area contributed by atoms with E-state index in [9.17, 15) is 4.79 Å². The largest absolute Gasteiger partial charge is 0.397 e. The van der Waals surface area contributed by atoms with E-state index in [-0.39, 0.29) is 5.91 Å². The van der Waals surface area contributed by atoms with Gasteiger partial charge in [-0.3, -0.25) is 4.79 Å². The molecule has 3 N–H and O–H groups in total. The minimum Gasteiger partial charge on any atom is -0.397 e. The number of benzene rings is 2. The van der Waals surface area contributed by atoms with Crippen molar-refractivity contribution in [1.29, 1.82) is 0 Å². The topological polar surface area (TPSA) is 55.1 Å². The molecule has 5 heteroatoms. The normalized spacial score (nSPS) is 10.1. The lowest BCUT2D eigenvalue weighted by molar-refractivity contribution is 0.102. The second-order valence-electron chi connectivity index (χ2n) is 3.70. The zero-order valence-corrected chi connectivity index (χ0v) is 11.6. The molecule has 2 aromatic carbocycles. The van der Waals surface area contributed by atoms with Gasteiger partial charge in [-0.25, -0.2) is 0 Å². The maximum absolute atomic E-state index is 12.0. The molecule has 92 valence electrons. The molecule has 2 aromatic rings. The van der Waals surface area contributed by atoms with Crippen molar-refractivity contribution in [2.24, 2.45) is 0 Å². The Balaban J connectivity index is 2.21. The summed E-state index contributed by atoms with van der Waals surface area (Å²) in [5, 5.41) is 3.26. The van der Waals surface area contributed by atoms with Crippen LogP contribution in [0.15, 0.2) is 46.9 Å². The quantitative estimate of drug-likeness (QED) is 0.822. The van der Waals surface area contributed by atoms with Gasteiger partial charge < -0.3 is 11.1 Å². The molecule has 0 aliphatic heterocycles.